The summed E-state index contributed by atoms with van der Waals surface area (Å²) >= 11 is 1.69. The number of amides is 2. The molecule has 1 saturated heterocycles. The number of thioether (sulfide) groups is 1. The molecule has 4 bridgehead atoms. The van der Waals surface area contributed by atoms with Crippen LogP contribution in [0, 0.1) is 23.7 Å². The van der Waals surface area contributed by atoms with E-state index in [1.807, 2.05) is 72.9 Å². The van der Waals surface area contributed by atoms with E-state index < -0.39 is 6.29 Å². The van der Waals surface area contributed by atoms with Crippen molar-refractivity contribution in [2.45, 2.75) is 87.7 Å². The van der Waals surface area contributed by atoms with Crippen LogP contribution in [0.15, 0.2) is 78.0 Å². The number of aliphatic hydroxyl groups excluding tert-OH is 1. The quantitative estimate of drug-likeness (QED) is 0.227. The van der Waals surface area contributed by atoms with Gasteiger partial charge in [0.05, 0.1) is 23.8 Å². The van der Waals surface area contributed by atoms with Gasteiger partial charge in [-0.15, -0.1) is 11.8 Å². The topological polar surface area (TPSA) is 92.7 Å². The molecule has 1 aromatic heterocycles. The summed E-state index contributed by atoms with van der Waals surface area (Å²) in [5, 5.41) is 17.0. The number of nitrogens with zero attached hydrogens (tertiary/aromatic N) is 1. The Morgan fingerprint density at radius 1 is 0.909 bits per heavy atom. The third kappa shape index (κ3) is 6.54. The first-order chi connectivity index (χ1) is 21.4. The molecule has 44 heavy (non-hydrogen) atoms. The van der Waals surface area contributed by atoms with Gasteiger partial charge in [0.25, 0.3) is 0 Å². The molecule has 8 rings (SSSR count). The van der Waals surface area contributed by atoms with Crippen molar-refractivity contribution >= 4 is 17.8 Å². The maximum atomic E-state index is 13.0. The summed E-state index contributed by atoms with van der Waals surface area (Å²) in [5.41, 5.74) is 3.95. The molecule has 2 heterocycles. The SMILES string of the molecule is CC1C(CSc2ccccn2)OC(c2ccc(CNC(=O)NC34CC5CC(CC(C5)C3)C4)cc2)OC1c1ccc(CO)cc1. The van der Waals surface area contributed by atoms with Gasteiger partial charge in [-0.05, 0) is 85.1 Å². The molecular formula is C36H43N3O4S. The molecule has 5 aliphatic rings. The Morgan fingerprint density at radius 3 is 2.20 bits per heavy atom. The highest BCUT2D eigenvalue weighted by Gasteiger charge is 2.51. The van der Waals surface area contributed by atoms with Crippen LogP contribution in [0.5, 0.6) is 0 Å². The van der Waals surface area contributed by atoms with Crippen molar-refractivity contribution in [3.05, 3.63) is 95.2 Å². The number of aromatic nitrogens is 1. The van der Waals surface area contributed by atoms with E-state index in [9.17, 15) is 9.90 Å². The Morgan fingerprint density at radius 2 is 1.57 bits per heavy atom. The molecule has 4 aliphatic carbocycles. The molecule has 4 unspecified atom stereocenters. The number of nitrogens with one attached hydrogen (secondary N) is 2. The summed E-state index contributed by atoms with van der Waals surface area (Å²) in [6.07, 6.45) is 8.61. The van der Waals surface area contributed by atoms with Gasteiger partial charge in [-0.1, -0.05) is 61.5 Å². The smallest absolute Gasteiger partial charge is 0.315 e. The van der Waals surface area contributed by atoms with Crippen molar-refractivity contribution in [3.63, 3.8) is 0 Å². The Bertz CT molecular complexity index is 1380. The lowest BCUT2D eigenvalue weighted by Gasteiger charge is -2.56. The van der Waals surface area contributed by atoms with E-state index in [4.69, 9.17) is 9.47 Å². The van der Waals surface area contributed by atoms with Gasteiger partial charge in [0, 0.05) is 35.5 Å². The lowest BCUT2D eigenvalue weighted by Crippen LogP contribution is -2.61. The molecule has 5 fully saturated rings. The summed E-state index contributed by atoms with van der Waals surface area (Å²) in [7, 11) is 0. The fraction of sp³-hybridized carbons (Fsp3) is 0.500. The first-order valence-corrected chi connectivity index (χ1v) is 17.1. The van der Waals surface area contributed by atoms with Crippen molar-refractivity contribution in [1.29, 1.82) is 0 Å². The zero-order chi connectivity index (χ0) is 30.1. The summed E-state index contributed by atoms with van der Waals surface area (Å²) in [6, 6.07) is 22.1. The highest BCUT2D eigenvalue weighted by molar-refractivity contribution is 7.99. The molecule has 0 radical (unpaired) electrons. The van der Waals surface area contributed by atoms with Gasteiger partial charge >= 0.3 is 6.03 Å². The zero-order valence-corrected chi connectivity index (χ0v) is 26.2. The summed E-state index contributed by atoms with van der Waals surface area (Å²) in [5.74, 6) is 3.26. The predicted molar refractivity (Wildman–Crippen MR) is 171 cm³/mol. The van der Waals surface area contributed by atoms with Crippen LogP contribution in [0.4, 0.5) is 4.79 Å². The minimum absolute atomic E-state index is 0.00977. The van der Waals surface area contributed by atoms with E-state index >= 15 is 0 Å². The first-order valence-electron chi connectivity index (χ1n) is 16.1. The Kier molecular flexibility index (Phi) is 8.69. The molecule has 8 heteroatoms. The molecular weight excluding hydrogens is 570 g/mol. The maximum Gasteiger partial charge on any atom is 0.315 e. The monoisotopic (exact) mass is 613 g/mol. The molecule has 2 amide bonds. The largest absolute Gasteiger partial charge is 0.392 e. The van der Waals surface area contributed by atoms with Crippen LogP contribution in [0.1, 0.15) is 80.1 Å². The van der Waals surface area contributed by atoms with E-state index in [0.717, 1.165) is 70.0 Å². The number of carbonyl (C=O) groups excluding carboxylic acids is 1. The van der Waals surface area contributed by atoms with Crippen LogP contribution in [0.25, 0.3) is 0 Å². The highest BCUT2D eigenvalue weighted by atomic mass is 32.2. The first kappa shape index (κ1) is 29.8. The number of pyridine rings is 1. The minimum Gasteiger partial charge on any atom is -0.392 e. The second kappa shape index (κ2) is 12.8. The van der Waals surface area contributed by atoms with Gasteiger partial charge < -0.3 is 25.2 Å². The van der Waals surface area contributed by atoms with Crippen molar-refractivity contribution in [2.24, 2.45) is 23.7 Å². The summed E-state index contributed by atoms with van der Waals surface area (Å²) in [6.45, 7) is 2.67. The molecule has 2 aromatic carbocycles. The lowest BCUT2D eigenvalue weighted by molar-refractivity contribution is -0.268. The maximum absolute atomic E-state index is 13.0. The van der Waals surface area contributed by atoms with E-state index in [1.165, 1.54) is 19.3 Å². The van der Waals surface area contributed by atoms with Crippen LogP contribution in [0.3, 0.4) is 0 Å². The van der Waals surface area contributed by atoms with Crippen LogP contribution in [-0.2, 0) is 22.6 Å². The zero-order valence-electron chi connectivity index (χ0n) is 25.4. The van der Waals surface area contributed by atoms with Gasteiger partial charge in [0.1, 0.15) is 0 Å². The molecule has 4 atom stereocenters. The third-order valence-corrected chi connectivity index (χ3v) is 11.3. The van der Waals surface area contributed by atoms with E-state index in [-0.39, 0.29) is 36.3 Å². The van der Waals surface area contributed by atoms with Crippen molar-refractivity contribution in [1.82, 2.24) is 15.6 Å². The molecule has 4 saturated carbocycles. The average molecular weight is 614 g/mol. The highest BCUT2D eigenvalue weighted by Crippen LogP contribution is 2.55. The fourth-order valence-corrected chi connectivity index (χ4v) is 9.46. The number of carbonyl (C=O) groups is 1. The Balaban J connectivity index is 1.00. The van der Waals surface area contributed by atoms with Gasteiger partial charge in [-0.25, -0.2) is 9.78 Å². The molecule has 0 spiro atoms. The number of hydrogen-bond acceptors (Lipinski definition) is 6. The predicted octanol–water partition coefficient (Wildman–Crippen LogP) is 6.93. The molecule has 3 N–H and O–H groups in total. The summed E-state index contributed by atoms with van der Waals surface area (Å²) in [4.78, 5) is 17.4. The fourth-order valence-electron chi connectivity index (χ4n) is 8.43. The normalized spacial score (nSPS) is 32.4. The van der Waals surface area contributed by atoms with Gasteiger partial charge in [-0.3, -0.25) is 0 Å². The van der Waals surface area contributed by atoms with Crippen LogP contribution in [0.2, 0.25) is 0 Å². The molecule has 3 aromatic rings. The Labute approximate surface area is 264 Å². The number of benzene rings is 2. The number of hydrogen-bond donors (Lipinski definition) is 3. The standard InChI is InChI=1S/C36H43N3O4S/c1-23-31(22-44-32-4-2-3-13-37-32)42-34(43-33(23)29-9-7-25(21-40)8-10-29)30-11-5-24(6-12-30)20-38-35(41)39-36-17-26-14-27(18-36)16-28(15-26)19-36/h2-13,23,26-28,31,33-34,40H,14-22H2,1H3,(H2,38,39,41). The van der Waals surface area contributed by atoms with Crippen molar-refractivity contribution in [2.75, 3.05) is 5.75 Å². The molecule has 1 aliphatic heterocycles. The number of aliphatic hydroxyl groups is 1. The van der Waals surface area contributed by atoms with E-state index in [2.05, 4.69) is 22.5 Å². The van der Waals surface area contributed by atoms with Gasteiger partial charge in [0.2, 0.25) is 0 Å². The van der Waals surface area contributed by atoms with Crippen LogP contribution >= 0.6 is 11.8 Å². The van der Waals surface area contributed by atoms with Gasteiger partial charge in [0.15, 0.2) is 6.29 Å². The van der Waals surface area contributed by atoms with Crippen LogP contribution < -0.4 is 10.6 Å². The average Bonchev–Trinajstić information content (AvgIpc) is 3.03. The van der Waals surface area contributed by atoms with Crippen LogP contribution in [-0.4, -0.2) is 33.5 Å². The molecule has 232 valence electrons. The second-order valence-electron chi connectivity index (χ2n) is 13.5. The Hall–Kier alpha value is -2.91. The van der Waals surface area contributed by atoms with E-state index in [0.29, 0.717) is 6.54 Å². The number of ether oxygens (including phenoxy) is 2. The van der Waals surface area contributed by atoms with E-state index in [1.54, 1.807) is 11.8 Å². The third-order valence-electron chi connectivity index (χ3n) is 10.3. The number of urea groups is 1. The van der Waals surface area contributed by atoms with Crippen molar-refractivity contribution < 1.29 is 19.4 Å². The minimum atomic E-state index is -0.524. The van der Waals surface area contributed by atoms with Gasteiger partial charge in [-0.2, -0.15) is 0 Å². The molecule has 7 nitrogen and oxygen atoms in total. The van der Waals surface area contributed by atoms with Crippen molar-refractivity contribution in [3.8, 4) is 0 Å². The second-order valence-corrected chi connectivity index (χ2v) is 14.6. The lowest BCUT2D eigenvalue weighted by atomic mass is 9.53. The number of rotatable bonds is 9. The summed E-state index contributed by atoms with van der Waals surface area (Å²) < 4.78 is 13.2.